The second-order valence-corrected chi connectivity index (χ2v) is 6.59. The highest BCUT2D eigenvalue weighted by Gasteiger charge is 2.29. The number of hydrogen-bond acceptors (Lipinski definition) is 3. The van der Waals surface area contributed by atoms with Crippen molar-refractivity contribution in [2.75, 3.05) is 19.0 Å². The first-order chi connectivity index (χ1) is 9.24. The van der Waals surface area contributed by atoms with Crippen molar-refractivity contribution in [1.82, 2.24) is 5.32 Å². The van der Waals surface area contributed by atoms with Gasteiger partial charge in [0.05, 0.1) is 17.9 Å². The molecule has 1 aliphatic rings. The van der Waals surface area contributed by atoms with Gasteiger partial charge in [-0.2, -0.15) is 0 Å². The number of thioether (sulfide) groups is 1. The highest BCUT2D eigenvalue weighted by Crippen LogP contribution is 2.36. The molecular weight excluding hydrogens is 326 g/mol. The maximum Gasteiger partial charge on any atom is 0.234 e. The first-order valence-corrected chi connectivity index (χ1v) is 8.34. The zero-order chi connectivity index (χ0) is 13.7. The van der Waals surface area contributed by atoms with E-state index in [0.29, 0.717) is 6.61 Å². The number of ether oxygens (including phenoxy) is 1. The van der Waals surface area contributed by atoms with Crippen LogP contribution < -0.4 is 5.32 Å². The first kappa shape index (κ1) is 14.9. The summed E-state index contributed by atoms with van der Waals surface area (Å²) < 4.78 is 5.14. The number of halogens is 1. The number of hydrogen-bond donors (Lipinski definition) is 1. The third kappa shape index (κ3) is 3.97. The van der Waals surface area contributed by atoms with Crippen molar-refractivity contribution in [3.05, 3.63) is 29.8 Å². The molecule has 19 heavy (non-hydrogen) atoms. The number of rotatable bonds is 6. The molecule has 1 aromatic carbocycles. The summed E-state index contributed by atoms with van der Waals surface area (Å²) in [5.74, 6) is 0.115. The Balaban J connectivity index is 1.91. The minimum atomic E-state index is -0.00733. The van der Waals surface area contributed by atoms with Gasteiger partial charge in [-0.25, -0.2) is 0 Å². The van der Waals surface area contributed by atoms with E-state index in [2.05, 4.69) is 33.4 Å². The molecule has 1 heterocycles. The quantitative estimate of drug-likeness (QED) is 0.807. The largest absolute Gasteiger partial charge is 0.383 e. The molecule has 3 nitrogen and oxygen atoms in total. The molecule has 1 aliphatic heterocycles. The van der Waals surface area contributed by atoms with E-state index < -0.39 is 0 Å². The Hall–Kier alpha value is -0.520. The smallest absolute Gasteiger partial charge is 0.234 e. The number of amides is 1. The normalized spacial score (nSPS) is 18.9. The minimum absolute atomic E-state index is 0.00733. The van der Waals surface area contributed by atoms with E-state index >= 15 is 0 Å². The highest BCUT2D eigenvalue weighted by atomic mass is 79.9. The lowest BCUT2D eigenvalue weighted by Crippen LogP contribution is -2.42. The van der Waals surface area contributed by atoms with Crippen LogP contribution in [0.2, 0.25) is 0 Å². The molecular formula is C14H18BrNO2S. The van der Waals surface area contributed by atoms with Crippen molar-refractivity contribution < 1.29 is 9.53 Å². The molecule has 0 fully saturated rings. The van der Waals surface area contributed by atoms with Gasteiger partial charge in [0.1, 0.15) is 0 Å². The zero-order valence-electron chi connectivity index (χ0n) is 10.9. The molecule has 1 N–H and O–H groups in total. The minimum Gasteiger partial charge on any atom is -0.383 e. The highest BCUT2D eigenvalue weighted by molar-refractivity contribution is 9.09. The zero-order valence-corrected chi connectivity index (χ0v) is 13.3. The predicted molar refractivity (Wildman–Crippen MR) is 82.0 cm³/mol. The first-order valence-electron chi connectivity index (χ1n) is 6.34. The molecule has 5 heteroatoms. The Bertz CT molecular complexity index is 410. The second kappa shape index (κ2) is 7.31. The fourth-order valence-electron chi connectivity index (χ4n) is 2.15. The fourth-order valence-corrected chi connectivity index (χ4v) is 3.91. The lowest BCUT2D eigenvalue weighted by atomic mass is 10.1. The van der Waals surface area contributed by atoms with Crippen molar-refractivity contribution in [2.45, 2.75) is 29.0 Å². The van der Waals surface area contributed by atoms with E-state index in [-0.39, 0.29) is 17.2 Å². The molecule has 0 spiro atoms. The Kier molecular flexibility index (Phi) is 5.73. The average molecular weight is 344 g/mol. The summed E-state index contributed by atoms with van der Waals surface area (Å²) in [5.41, 5.74) is 1.27. The summed E-state index contributed by atoms with van der Waals surface area (Å²) in [5, 5.41) is 3.93. The summed E-state index contributed by atoms with van der Waals surface area (Å²) >= 11 is 5.06. The molecule has 0 aromatic heterocycles. The van der Waals surface area contributed by atoms with Crippen LogP contribution in [0, 0.1) is 0 Å². The van der Waals surface area contributed by atoms with Crippen LogP contribution in [0.25, 0.3) is 0 Å². The summed E-state index contributed by atoms with van der Waals surface area (Å²) in [6, 6.07) is 8.31. The van der Waals surface area contributed by atoms with Crippen molar-refractivity contribution in [3.63, 3.8) is 0 Å². The maximum absolute atomic E-state index is 12.3. The fraction of sp³-hybridized carbons (Fsp3) is 0.500. The van der Waals surface area contributed by atoms with Gasteiger partial charge in [-0.3, -0.25) is 4.79 Å². The number of fused-ring (bicyclic) bond motifs is 1. The standard InChI is InChI=1S/C14H18BrNO2S/c1-18-9-11(6-7-15)16-14(17)13-8-10-4-2-3-5-12(10)19-13/h2-5,11,13H,6-9H2,1H3,(H,16,17). The van der Waals surface area contributed by atoms with Gasteiger partial charge in [-0.1, -0.05) is 34.1 Å². The van der Waals surface area contributed by atoms with Crippen LogP contribution in [0.4, 0.5) is 0 Å². The van der Waals surface area contributed by atoms with Crippen LogP contribution in [0.3, 0.4) is 0 Å². The monoisotopic (exact) mass is 343 g/mol. The van der Waals surface area contributed by atoms with Crippen LogP contribution in [0.1, 0.15) is 12.0 Å². The molecule has 2 atom stereocenters. The van der Waals surface area contributed by atoms with Gasteiger partial charge in [0.15, 0.2) is 0 Å². The van der Waals surface area contributed by atoms with Gasteiger partial charge < -0.3 is 10.1 Å². The number of nitrogens with one attached hydrogen (secondary N) is 1. The molecule has 0 saturated heterocycles. The third-order valence-corrected chi connectivity index (χ3v) is 4.89. The van der Waals surface area contributed by atoms with Crippen LogP contribution in [-0.2, 0) is 16.0 Å². The lowest BCUT2D eigenvalue weighted by Gasteiger charge is -2.19. The lowest BCUT2D eigenvalue weighted by molar-refractivity contribution is -0.121. The molecule has 1 aromatic rings. The Morgan fingerprint density at radius 2 is 2.37 bits per heavy atom. The molecule has 1 amide bonds. The second-order valence-electron chi connectivity index (χ2n) is 4.56. The number of methoxy groups -OCH3 is 1. The van der Waals surface area contributed by atoms with Gasteiger partial charge in [-0.15, -0.1) is 11.8 Å². The number of alkyl halides is 1. The van der Waals surface area contributed by atoms with E-state index in [4.69, 9.17) is 4.74 Å². The van der Waals surface area contributed by atoms with Gasteiger partial charge in [-0.05, 0) is 24.5 Å². The van der Waals surface area contributed by atoms with Crippen molar-refractivity contribution >= 4 is 33.6 Å². The average Bonchev–Trinajstić information content (AvgIpc) is 2.83. The summed E-state index contributed by atoms with van der Waals surface area (Å²) in [6.07, 6.45) is 1.70. The van der Waals surface area contributed by atoms with E-state index in [9.17, 15) is 4.79 Å². The topological polar surface area (TPSA) is 38.3 Å². The SMILES string of the molecule is COCC(CCBr)NC(=O)C1Cc2ccccc2S1. The molecule has 0 bridgehead atoms. The van der Waals surface area contributed by atoms with Crippen LogP contribution in [0.5, 0.6) is 0 Å². The maximum atomic E-state index is 12.3. The van der Waals surface area contributed by atoms with E-state index in [1.54, 1.807) is 18.9 Å². The molecule has 2 unspecified atom stereocenters. The Labute approximate surface area is 126 Å². The number of carbonyl (C=O) groups excluding carboxylic acids is 1. The van der Waals surface area contributed by atoms with Crippen molar-refractivity contribution in [1.29, 1.82) is 0 Å². The van der Waals surface area contributed by atoms with Gasteiger partial charge in [0, 0.05) is 17.3 Å². The third-order valence-electron chi connectivity index (χ3n) is 3.11. The predicted octanol–water partition coefficient (Wildman–Crippen LogP) is 2.62. The summed E-state index contributed by atoms with van der Waals surface area (Å²) in [4.78, 5) is 13.5. The molecule has 0 saturated carbocycles. The van der Waals surface area contributed by atoms with Crippen molar-refractivity contribution in [3.8, 4) is 0 Å². The van der Waals surface area contributed by atoms with Gasteiger partial charge in [0.2, 0.25) is 5.91 Å². The molecule has 0 aliphatic carbocycles. The van der Waals surface area contributed by atoms with E-state index in [0.717, 1.165) is 18.2 Å². The number of carbonyl (C=O) groups is 1. The molecule has 0 radical (unpaired) electrons. The number of benzene rings is 1. The molecule has 2 rings (SSSR count). The Morgan fingerprint density at radius 3 is 3.05 bits per heavy atom. The van der Waals surface area contributed by atoms with Crippen molar-refractivity contribution in [2.24, 2.45) is 0 Å². The van der Waals surface area contributed by atoms with Gasteiger partial charge >= 0.3 is 0 Å². The summed E-state index contributed by atoms with van der Waals surface area (Å²) in [7, 11) is 1.66. The summed E-state index contributed by atoms with van der Waals surface area (Å²) in [6.45, 7) is 0.557. The Morgan fingerprint density at radius 1 is 1.58 bits per heavy atom. The van der Waals surface area contributed by atoms with Crippen LogP contribution in [0.15, 0.2) is 29.2 Å². The van der Waals surface area contributed by atoms with Crippen LogP contribution >= 0.6 is 27.7 Å². The van der Waals surface area contributed by atoms with Gasteiger partial charge in [0.25, 0.3) is 0 Å². The van der Waals surface area contributed by atoms with E-state index in [1.165, 1.54) is 10.5 Å². The van der Waals surface area contributed by atoms with Crippen LogP contribution in [-0.4, -0.2) is 36.2 Å². The van der Waals surface area contributed by atoms with E-state index in [1.807, 2.05) is 12.1 Å². The molecule has 104 valence electrons.